The lowest BCUT2D eigenvalue weighted by Gasteiger charge is -2.21. The number of aryl methyl sites for hydroxylation is 1. The van der Waals surface area contributed by atoms with E-state index in [9.17, 15) is 9.50 Å². The fourth-order valence-corrected chi connectivity index (χ4v) is 2.20. The molecular weight excluding hydrogens is 221 g/mol. The first-order valence-corrected chi connectivity index (χ1v) is 5.63. The van der Waals surface area contributed by atoms with Crippen LogP contribution in [0, 0.1) is 5.82 Å². The average Bonchev–Trinajstić information content (AvgIpc) is 2.74. The molecule has 1 unspecified atom stereocenters. The van der Waals surface area contributed by atoms with E-state index in [4.69, 9.17) is 0 Å². The fourth-order valence-electron chi connectivity index (χ4n) is 2.20. The van der Waals surface area contributed by atoms with Crippen LogP contribution in [0.5, 0.6) is 0 Å². The highest BCUT2D eigenvalue weighted by atomic mass is 19.1. The van der Waals surface area contributed by atoms with Crippen molar-refractivity contribution in [3.05, 3.63) is 35.9 Å². The van der Waals surface area contributed by atoms with E-state index in [1.165, 1.54) is 12.1 Å². The second-order valence-electron chi connectivity index (χ2n) is 4.19. The van der Waals surface area contributed by atoms with E-state index in [1.807, 2.05) is 0 Å². The maximum atomic E-state index is 13.2. The maximum Gasteiger partial charge on any atom is 0.166 e. The molecule has 1 aromatic carbocycles. The number of hydrogen-bond donors (Lipinski definition) is 1. The molecule has 2 heterocycles. The number of benzene rings is 1. The van der Waals surface area contributed by atoms with Crippen molar-refractivity contribution in [1.82, 2.24) is 14.8 Å². The Kier molecular flexibility index (Phi) is 2.40. The molecule has 88 valence electrons. The van der Waals surface area contributed by atoms with Crippen LogP contribution in [0.2, 0.25) is 0 Å². The molecule has 4 nitrogen and oxygen atoms in total. The summed E-state index contributed by atoms with van der Waals surface area (Å²) in [6, 6.07) is 6.18. The second-order valence-corrected chi connectivity index (χ2v) is 4.19. The van der Waals surface area contributed by atoms with Crippen LogP contribution in [0.1, 0.15) is 24.9 Å². The van der Waals surface area contributed by atoms with Gasteiger partial charge in [-0.05, 0) is 25.0 Å². The summed E-state index contributed by atoms with van der Waals surface area (Å²) in [5.74, 6) is 0.986. The first-order valence-electron chi connectivity index (χ1n) is 5.63. The molecule has 0 saturated heterocycles. The lowest BCUT2D eigenvalue weighted by atomic mass is 10.1. The largest absolute Gasteiger partial charge is 0.373 e. The molecule has 0 bridgehead atoms. The monoisotopic (exact) mass is 233 g/mol. The number of rotatable bonds is 1. The molecule has 0 radical (unpaired) electrons. The molecule has 1 atom stereocenters. The average molecular weight is 233 g/mol. The summed E-state index contributed by atoms with van der Waals surface area (Å²) in [5.41, 5.74) is 0.643. The summed E-state index contributed by atoms with van der Waals surface area (Å²) < 4.78 is 14.9. The van der Waals surface area contributed by atoms with Crippen molar-refractivity contribution in [2.75, 3.05) is 0 Å². The highest BCUT2D eigenvalue weighted by Gasteiger charge is 2.23. The quantitative estimate of drug-likeness (QED) is 0.818. The van der Waals surface area contributed by atoms with Gasteiger partial charge < -0.3 is 5.11 Å². The van der Waals surface area contributed by atoms with Gasteiger partial charge in [-0.1, -0.05) is 12.1 Å². The zero-order valence-corrected chi connectivity index (χ0v) is 9.17. The van der Waals surface area contributed by atoms with Crippen molar-refractivity contribution in [2.45, 2.75) is 25.5 Å². The Morgan fingerprint density at radius 3 is 3.06 bits per heavy atom. The Morgan fingerprint density at radius 2 is 2.24 bits per heavy atom. The number of aliphatic hydroxyl groups is 1. The topological polar surface area (TPSA) is 50.9 Å². The van der Waals surface area contributed by atoms with E-state index in [1.54, 1.807) is 16.7 Å². The first kappa shape index (κ1) is 10.4. The summed E-state index contributed by atoms with van der Waals surface area (Å²) >= 11 is 0. The van der Waals surface area contributed by atoms with Crippen LogP contribution >= 0.6 is 0 Å². The molecule has 3 rings (SSSR count). The Morgan fingerprint density at radius 1 is 1.35 bits per heavy atom. The van der Waals surface area contributed by atoms with Crippen LogP contribution in [0.25, 0.3) is 11.4 Å². The molecule has 1 N–H and O–H groups in total. The van der Waals surface area contributed by atoms with Gasteiger partial charge in [-0.2, -0.15) is 0 Å². The zero-order valence-electron chi connectivity index (χ0n) is 9.17. The lowest BCUT2D eigenvalue weighted by molar-refractivity contribution is 0.0796. The van der Waals surface area contributed by atoms with Gasteiger partial charge in [0.25, 0.3) is 0 Å². The SMILES string of the molecule is OC1CCCc2nnc(-c3cccc(F)c3)n21. The van der Waals surface area contributed by atoms with Crippen molar-refractivity contribution in [1.29, 1.82) is 0 Å². The molecule has 0 saturated carbocycles. The van der Waals surface area contributed by atoms with Crippen molar-refractivity contribution < 1.29 is 9.50 Å². The van der Waals surface area contributed by atoms with Gasteiger partial charge in [0.2, 0.25) is 0 Å². The van der Waals surface area contributed by atoms with Crippen molar-refractivity contribution in [3.8, 4) is 11.4 Å². The van der Waals surface area contributed by atoms with Gasteiger partial charge in [0.1, 0.15) is 17.9 Å². The van der Waals surface area contributed by atoms with Crippen LogP contribution < -0.4 is 0 Å². The van der Waals surface area contributed by atoms with E-state index in [0.29, 0.717) is 17.8 Å². The standard InChI is InChI=1S/C12H12FN3O/c13-9-4-1-3-8(7-9)12-15-14-10-5-2-6-11(17)16(10)12/h1,3-4,7,11,17H,2,5-6H2. The van der Waals surface area contributed by atoms with Crippen LogP contribution in [-0.4, -0.2) is 19.9 Å². The van der Waals surface area contributed by atoms with Crippen molar-refractivity contribution in [3.63, 3.8) is 0 Å². The predicted molar refractivity (Wildman–Crippen MR) is 59.6 cm³/mol. The third-order valence-electron chi connectivity index (χ3n) is 3.01. The number of aromatic nitrogens is 3. The molecule has 2 aromatic rings. The minimum atomic E-state index is -0.605. The number of halogens is 1. The number of fused-ring (bicyclic) bond motifs is 1. The minimum absolute atomic E-state index is 0.315. The molecule has 17 heavy (non-hydrogen) atoms. The lowest BCUT2D eigenvalue weighted by Crippen LogP contribution is -2.18. The van der Waals surface area contributed by atoms with Gasteiger partial charge in [0.15, 0.2) is 5.82 Å². The Hall–Kier alpha value is -1.75. The summed E-state index contributed by atoms with van der Waals surface area (Å²) in [6.07, 6.45) is 1.79. The second kappa shape index (κ2) is 3.92. The van der Waals surface area contributed by atoms with Gasteiger partial charge in [-0.15, -0.1) is 10.2 Å². The van der Waals surface area contributed by atoms with Gasteiger partial charge in [-0.25, -0.2) is 4.39 Å². The van der Waals surface area contributed by atoms with Gasteiger partial charge in [0, 0.05) is 12.0 Å². The van der Waals surface area contributed by atoms with E-state index >= 15 is 0 Å². The van der Waals surface area contributed by atoms with E-state index in [2.05, 4.69) is 10.2 Å². The zero-order chi connectivity index (χ0) is 11.8. The molecule has 1 aromatic heterocycles. The number of aliphatic hydroxyl groups excluding tert-OH is 1. The number of hydrogen-bond acceptors (Lipinski definition) is 3. The van der Waals surface area contributed by atoms with E-state index in [-0.39, 0.29) is 5.82 Å². The Bertz CT molecular complexity index is 552. The van der Waals surface area contributed by atoms with Crippen molar-refractivity contribution in [2.24, 2.45) is 0 Å². The highest BCUT2D eigenvalue weighted by molar-refractivity contribution is 5.55. The Balaban J connectivity index is 2.13. The first-order chi connectivity index (χ1) is 8.25. The molecule has 1 aliphatic heterocycles. The normalized spacial score (nSPS) is 19.1. The highest BCUT2D eigenvalue weighted by Crippen LogP contribution is 2.28. The number of nitrogens with zero attached hydrogens (tertiary/aromatic N) is 3. The molecular formula is C12H12FN3O. The van der Waals surface area contributed by atoms with E-state index in [0.717, 1.165) is 18.7 Å². The molecule has 5 heteroatoms. The smallest absolute Gasteiger partial charge is 0.166 e. The van der Waals surface area contributed by atoms with Gasteiger partial charge in [-0.3, -0.25) is 4.57 Å². The third-order valence-corrected chi connectivity index (χ3v) is 3.01. The molecule has 0 spiro atoms. The van der Waals surface area contributed by atoms with Crippen LogP contribution in [0.15, 0.2) is 24.3 Å². The van der Waals surface area contributed by atoms with Crippen LogP contribution in [0.3, 0.4) is 0 Å². The summed E-state index contributed by atoms with van der Waals surface area (Å²) in [6.45, 7) is 0. The summed E-state index contributed by atoms with van der Waals surface area (Å²) in [7, 11) is 0. The molecule has 0 fully saturated rings. The van der Waals surface area contributed by atoms with Gasteiger partial charge >= 0.3 is 0 Å². The van der Waals surface area contributed by atoms with Crippen LogP contribution in [-0.2, 0) is 6.42 Å². The fraction of sp³-hybridized carbons (Fsp3) is 0.333. The Labute approximate surface area is 97.7 Å². The summed E-state index contributed by atoms with van der Waals surface area (Å²) in [5, 5.41) is 18.0. The summed E-state index contributed by atoms with van der Waals surface area (Å²) in [4.78, 5) is 0. The molecule has 0 amide bonds. The van der Waals surface area contributed by atoms with E-state index < -0.39 is 6.23 Å². The predicted octanol–water partition coefficient (Wildman–Crippen LogP) is 1.91. The van der Waals surface area contributed by atoms with Gasteiger partial charge in [0.05, 0.1) is 0 Å². The molecule has 0 aliphatic carbocycles. The van der Waals surface area contributed by atoms with Crippen molar-refractivity contribution >= 4 is 0 Å². The molecule has 1 aliphatic rings. The minimum Gasteiger partial charge on any atom is -0.373 e. The maximum absolute atomic E-state index is 13.2. The third kappa shape index (κ3) is 1.72. The van der Waals surface area contributed by atoms with Crippen LogP contribution in [0.4, 0.5) is 4.39 Å².